The van der Waals surface area contributed by atoms with E-state index in [4.69, 9.17) is 0 Å². The van der Waals surface area contributed by atoms with E-state index in [1.54, 1.807) is 0 Å². The molecule has 26 heavy (non-hydrogen) atoms. The zero-order chi connectivity index (χ0) is 18.2. The molecule has 1 aromatic rings. The van der Waals surface area contributed by atoms with Gasteiger partial charge in [0.15, 0.2) is 0 Å². The first kappa shape index (κ1) is 21.6. The van der Waals surface area contributed by atoms with Crippen molar-refractivity contribution in [2.24, 2.45) is 0 Å². The number of nitrogens with one attached hydrogen (secondary N) is 1. The highest BCUT2D eigenvalue weighted by molar-refractivity contribution is 7.90. The number of sulfonamides is 2. The van der Waals surface area contributed by atoms with Gasteiger partial charge in [0.05, 0.1) is 9.79 Å². The van der Waals surface area contributed by atoms with Gasteiger partial charge in [-0.2, -0.15) is 8.61 Å². The summed E-state index contributed by atoms with van der Waals surface area (Å²) in [5.41, 5.74) is 0. The van der Waals surface area contributed by atoms with Gasteiger partial charge in [0.25, 0.3) is 0 Å². The molecule has 0 spiro atoms. The fraction of sp³-hybridized carbons (Fsp3) is 0.625. The molecule has 1 aromatic carbocycles. The fourth-order valence-electron chi connectivity index (χ4n) is 3.37. The lowest BCUT2D eigenvalue weighted by atomic mass is 10.1. The number of hydrogen-bond acceptors (Lipinski definition) is 5. The van der Waals surface area contributed by atoms with Gasteiger partial charge in [0.2, 0.25) is 20.0 Å². The van der Waals surface area contributed by atoms with Crippen LogP contribution in [0.4, 0.5) is 0 Å². The van der Waals surface area contributed by atoms with Crippen LogP contribution in [0.25, 0.3) is 0 Å². The first-order valence-electron chi connectivity index (χ1n) is 8.60. The number of halogens is 1. The van der Waals surface area contributed by atoms with E-state index >= 15 is 0 Å². The maximum atomic E-state index is 13.0. The minimum atomic E-state index is -3.74. The van der Waals surface area contributed by atoms with Crippen LogP contribution >= 0.6 is 12.4 Å². The first-order valence-corrected chi connectivity index (χ1v) is 11.5. The second-order valence-corrected chi connectivity index (χ2v) is 10.5. The third kappa shape index (κ3) is 3.93. The van der Waals surface area contributed by atoms with Crippen LogP contribution in [0.1, 0.15) is 26.7 Å². The molecule has 10 heteroatoms. The molecule has 0 aliphatic carbocycles. The number of piperazine rings is 1. The Bertz CT molecular complexity index is 839. The summed E-state index contributed by atoms with van der Waals surface area (Å²) in [5, 5.41) is 3.25. The molecule has 0 saturated carbocycles. The summed E-state index contributed by atoms with van der Waals surface area (Å²) in [6, 6.07) is 5.58. The molecule has 0 aromatic heterocycles. The summed E-state index contributed by atoms with van der Waals surface area (Å²) < 4.78 is 54.4. The summed E-state index contributed by atoms with van der Waals surface area (Å²) >= 11 is 0. The van der Waals surface area contributed by atoms with Crippen molar-refractivity contribution in [3.8, 4) is 0 Å². The lowest BCUT2D eigenvalue weighted by Gasteiger charge is -2.37. The Morgan fingerprint density at radius 2 is 1.54 bits per heavy atom. The van der Waals surface area contributed by atoms with Crippen molar-refractivity contribution < 1.29 is 16.8 Å². The van der Waals surface area contributed by atoms with Crippen LogP contribution in [0, 0.1) is 0 Å². The lowest BCUT2D eigenvalue weighted by Crippen LogP contribution is -2.57. The Labute approximate surface area is 162 Å². The van der Waals surface area contributed by atoms with Crippen LogP contribution in [-0.4, -0.2) is 63.7 Å². The topological polar surface area (TPSA) is 86.8 Å². The molecule has 7 nitrogen and oxygen atoms in total. The molecule has 2 aliphatic rings. The molecule has 148 valence electrons. The molecule has 0 radical (unpaired) electrons. The number of benzene rings is 1. The first-order chi connectivity index (χ1) is 11.7. The lowest BCUT2D eigenvalue weighted by molar-refractivity contribution is 0.233. The highest BCUT2D eigenvalue weighted by Crippen LogP contribution is 2.26. The van der Waals surface area contributed by atoms with Gasteiger partial charge in [-0.05, 0) is 44.9 Å². The molecule has 2 unspecified atom stereocenters. The predicted molar refractivity (Wildman–Crippen MR) is 103 cm³/mol. The van der Waals surface area contributed by atoms with Crippen molar-refractivity contribution in [2.75, 3.05) is 26.2 Å². The zero-order valence-electron chi connectivity index (χ0n) is 15.0. The predicted octanol–water partition coefficient (Wildman–Crippen LogP) is 1.26. The molecule has 2 aliphatic heterocycles. The summed E-state index contributed by atoms with van der Waals surface area (Å²) in [6.45, 7) is 5.74. The molecule has 2 heterocycles. The average molecular weight is 424 g/mol. The van der Waals surface area contributed by atoms with Gasteiger partial charge < -0.3 is 5.32 Å². The summed E-state index contributed by atoms with van der Waals surface area (Å²) in [6.07, 6.45) is 1.68. The van der Waals surface area contributed by atoms with Crippen LogP contribution < -0.4 is 5.32 Å². The Morgan fingerprint density at radius 3 is 2.15 bits per heavy atom. The van der Waals surface area contributed by atoms with Crippen LogP contribution in [0.3, 0.4) is 0 Å². The normalized spacial score (nSPS) is 25.8. The summed E-state index contributed by atoms with van der Waals surface area (Å²) in [5.74, 6) is 0. The van der Waals surface area contributed by atoms with Crippen LogP contribution in [0.15, 0.2) is 34.1 Å². The maximum absolute atomic E-state index is 13.0. The average Bonchev–Trinajstić information content (AvgIpc) is 3.12. The Kier molecular flexibility index (Phi) is 6.74. The number of rotatable bonds is 4. The number of hydrogen-bond donors (Lipinski definition) is 1. The van der Waals surface area contributed by atoms with Crippen molar-refractivity contribution in [1.29, 1.82) is 0 Å². The molecule has 2 fully saturated rings. The smallest absolute Gasteiger partial charge is 0.243 e. The van der Waals surface area contributed by atoms with Gasteiger partial charge >= 0.3 is 0 Å². The maximum Gasteiger partial charge on any atom is 0.243 e. The van der Waals surface area contributed by atoms with Gasteiger partial charge in [-0.1, -0.05) is 6.07 Å². The molecule has 2 saturated heterocycles. The van der Waals surface area contributed by atoms with E-state index in [2.05, 4.69) is 5.32 Å². The Balaban J connectivity index is 0.00000243. The molecule has 0 amide bonds. The molecular weight excluding hydrogens is 398 g/mol. The molecule has 1 N–H and O–H groups in total. The standard InChI is InChI=1S/C16H25N3O4S2.ClH/c1-13-14(2)19(11-8-17-13)25(22,23)16-7-5-6-15(12-16)24(20,21)18-9-3-4-10-18;/h5-7,12-14,17H,3-4,8-11H2,1-2H3;1H. The van der Waals surface area contributed by atoms with E-state index in [1.807, 2.05) is 13.8 Å². The van der Waals surface area contributed by atoms with Gasteiger partial charge in [0, 0.05) is 38.3 Å². The fourth-order valence-corrected chi connectivity index (χ4v) is 6.76. The highest BCUT2D eigenvalue weighted by Gasteiger charge is 2.35. The Morgan fingerprint density at radius 1 is 0.962 bits per heavy atom. The van der Waals surface area contributed by atoms with Crippen molar-refractivity contribution >= 4 is 32.5 Å². The van der Waals surface area contributed by atoms with E-state index in [0.717, 1.165) is 12.8 Å². The largest absolute Gasteiger partial charge is 0.311 e. The molecular formula is C16H26ClN3O4S2. The van der Waals surface area contributed by atoms with E-state index in [9.17, 15) is 16.8 Å². The molecule has 3 rings (SSSR count). The van der Waals surface area contributed by atoms with E-state index in [1.165, 1.54) is 32.9 Å². The van der Waals surface area contributed by atoms with Gasteiger partial charge in [-0.3, -0.25) is 0 Å². The molecule has 2 atom stereocenters. The number of nitrogens with zero attached hydrogens (tertiary/aromatic N) is 2. The third-order valence-corrected chi connectivity index (χ3v) is 8.97. The van der Waals surface area contributed by atoms with E-state index in [0.29, 0.717) is 26.2 Å². The zero-order valence-corrected chi connectivity index (χ0v) is 17.4. The van der Waals surface area contributed by atoms with Gasteiger partial charge in [-0.25, -0.2) is 16.8 Å². The van der Waals surface area contributed by atoms with Crippen molar-refractivity contribution in [3.05, 3.63) is 24.3 Å². The van der Waals surface area contributed by atoms with Crippen molar-refractivity contribution in [2.45, 2.75) is 48.6 Å². The van der Waals surface area contributed by atoms with E-state index in [-0.39, 0.29) is 34.3 Å². The van der Waals surface area contributed by atoms with Gasteiger partial charge in [0.1, 0.15) is 0 Å². The third-order valence-electron chi connectivity index (χ3n) is 5.09. The monoisotopic (exact) mass is 423 g/mol. The van der Waals surface area contributed by atoms with E-state index < -0.39 is 20.0 Å². The van der Waals surface area contributed by atoms with Crippen LogP contribution in [0.2, 0.25) is 0 Å². The Hall–Kier alpha value is -0.710. The van der Waals surface area contributed by atoms with Gasteiger partial charge in [-0.15, -0.1) is 12.4 Å². The SMILES string of the molecule is CC1NCCN(S(=O)(=O)c2cccc(S(=O)(=O)N3CCCC3)c2)C1C.Cl. The quantitative estimate of drug-likeness (QED) is 0.787. The molecule has 0 bridgehead atoms. The van der Waals surface area contributed by atoms with Crippen LogP contribution in [-0.2, 0) is 20.0 Å². The summed E-state index contributed by atoms with van der Waals surface area (Å²) in [4.78, 5) is 0.0834. The van der Waals surface area contributed by atoms with Crippen molar-refractivity contribution in [1.82, 2.24) is 13.9 Å². The summed E-state index contributed by atoms with van der Waals surface area (Å²) in [7, 11) is -7.38. The van der Waals surface area contributed by atoms with Crippen LogP contribution in [0.5, 0.6) is 0 Å². The minimum absolute atomic E-state index is 0. The highest BCUT2D eigenvalue weighted by atomic mass is 35.5. The minimum Gasteiger partial charge on any atom is -0.311 e. The second-order valence-electron chi connectivity index (χ2n) is 6.69. The van der Waals surface area contributed by atoms with Crippen molar-refractivity contribution in [3.63, 3.8) is 0 Å². The second kappa shape index (κ2) is 8.12.